The van der Waals surface area contributed by atoms with E-state index in [-0.39, 0.29) is 0 Å². The normalized spacial score (nSPS) is 11.7. The van der Waals surface area contributed by atoms with E-state index in [0.717, 1.165) is 38.9 Å². The molecule has 0 aliphatic rings. The summed E-state index contributed by atoms with van der Waals surface area (Å²) in [6.07, 6.45) is 3.50. The number of rotatable bonds is 6. The van der Waals surface area contributed by atoms with Gasteiger partial charge in [0.25, 0.3) is 0 Å². The van der Waals surface area contributed by atoms with Crippen molar-refractivity contribution >= 4 is 48.9 Å². The molecule has 0 aliphatic carbocycles. The smallest absolute Gasteiger partial charge is 0.164 e. The topological polar surface area (TPSA) is 68.9 Å². The van der Waals surface area contributed by atoms with Gasteiger partial charge in [-0.05, 0) is 57.3 Å². The van der Waals surface area contributed by atoms with Crippen molar-refractivity contribution in [2.45, 2.75) is 0 Å². The molecule has 6 heteroatoms. The molecule has 59 heavy (non-hydrogen) atoms. The Bertz CT molecular complexity index is 3520. The predicted octanol–water partition coefficient (Wildman–Crippen LogP) is 13.0. The summed E-state index contributed by atoms with van der Waals surface area (Å²) >= 11 is 0. The SMILES string of the molecule is c1ccc(-c2nc(-c3ccc(-c4ncccn4)cc3)nc(-c3ccc(-c4cccc5c4c4cccc6c7cccc8cccc(c87)n5c64)c(-c4ccccc4)c3)n2)cc1. The van der Waals surface area contributed by atoms with Crippen molar-refractivity contribution in [2.24, 2.45) is 0 Å². The van der Waals surface area contributed by atoms with Gasteiger partial charge < -0.3 is 4.40 Å². The summed E-state index contributed by atoms with van der Waals surface area (Å²) in [7, 11) is 0. The van der Waals surface area contributed by atoms with Crippen molar-refractivity contribution in [3.05, 3.63) is 194 Å². The average Bonchev–Trinajstić information content (AvgIpc) is 3.67. The van der Waals surface area contributed by atoms with Gasteiger partial charge in [0.2, 0.25) is 0 Å². The van der Waals surface area contributed by atoms with Crippen LogP contribution in [-0.2, 0) is 0 Å². The van der Waals surface area contributed by atoms with Crippen LogP contribution in [0.1, 0.15) is 0 Å². The lowest BCUT2D eigenvalue weighted by atomic mass is 9.90. The van der Waals surface area contributed by atoms with E-state index in [0.29, 0.717) is 23.3 Å². The van der Waals surface area contributed by atoms with Crippen LogP contribution in [0.4, 0.5) is 0 Å². The molecule has 4 heterocycles. The van der Waals surface area contributed by atoms with Crippen LogP contribution in [0.25, 0.3) is 117 Å². The summed E-state index contributed by atoms with van der Waals surface area (Å²) in [6, 6.07) is 64.1. The van der Waals surface area contributed by atoms with E-state index in [1.807, 2.05) is 60.7 Å². The first kappa shape index (κ1) is 33.1. The van der Waals surface area contributed by atoms with Gasteiger partial charge in [0, 0.05) is 56.2 Å². The van der Waals surface area contributed by atoms with E-state index in [1.165, 1.54) is 54.4 Å². The minimum atomic E-state index is 0.592. The van der Waals surface area contributed by atoms with Gasteiger partial charge in [0.1, 0.15) is 0 Å². The molecule has 274 valence electrons. The largest absolute Gasteiger partial charge is 0.308 e. The Morgan fingerprint density at radius 3 is 1.59 bits per heavy atom. The second-order valence-electron chi connectivity index (χ2n) is 14.9. The number of benzene rings is 8. The standard InChI is InChI=1S/C53H32N6/c1-3-12-33(13-4-1)44-32-38(53-57-51(35-14-5-2-6-15-35)56-52(58-53)37-26-24-36(25-27-37)50-54-30-11-31-55-50)28-29-39(44)40-19-10-23-46-48(40)43-21-9-20-42-41-18-7-16-34-17-8-22-45(47(34)41)59(46)49(42)43/h1-32H. The predicted molar refractivity (Wildman–Crippen MR) is 240 cm³/mol. The monoisotopic (exact) mass is 752 g/mol. The maximum absolute atomic E-state index is 5.14. The van der Waals surface area contributed by atoms with Crippen LogP contribution in [-0.4, -0.2) is 29.3 Å². The molecule has 0 aliphatic heterocycles. The molecule has 0 atom stereocenters. The Kier molecular flexibility index (Phi) is 7.43. The van der Waals surface area contributed by atoms with Crippen molar-refractivity contribution in [3.63, 3.8) is 0 Å². The van der Waals surface area contributed by atoms with Crippen LogP contribution in [0.15, 0.2) is 194 Å². The molecule has 0 N–H and O–H groups in total. The van der Waals surface area contributed by atoms with Crippen LogP contribution < -0.4 is 0 Å². The minimum Gasteiger partial charge on any atom is -0.308 e. The minimum absolute atomic E-state index is 0.592. The summed E-state index contributed by atoms with van der Waals surface area (Å²) in [6.45, 7) is 0. The molecule has 12 aromatic rings. The molecule has 0 saturated carbocycles. The fourth-order valence-corrected chi connectivity index (χ4v) is 8.88. The summed E-state index contributed by atoms with van der Waals surface area (Å²) in [5.74, 6) is 2.48. The second-order valence-corrected chi connectivity index (χ2v) is 14.9. The zero-order chi connectivity index (χ0) is 38.9. The lowest BCUT2D eigenvalue weighted by molar-refractivity contribution is 1.07. The first-order valence-electron chi connectivity index (χ1n) is 19.7. The first-order chi connectivity index (χ1) is 29.3. The van der Waals surface area contributed by atoms with Gasteiger partial charge in [-0.15, -0.1) is 0 Å². The molecule has 0 spiro atoms. The number of pyridine rings is 1. The Balaban J connectivity index is 1.08. The highest BCUT2D eigenvalue weighted by Gasteiger charge is 2.22. The van der Waals surface area contributed by atoms with E-state index in [9.17, 15) is 0 Å². The Morgan fingerprint density at radius 2 is 0.864 bits per heavy atom. The summed E-state index contributed by atoms with van der Waals surface area (Å²) in [4.78, 5) is 24.1. The highest BCUT2D eigenvalue weighted by atomic mass is 15.0. The Morgan fingerprint density at radius 1 is 0.322 bits per heavy atom. The maximum Gasteiger partial charge on any atom is 0.164 e. The van der Waals surface area contributed by atoms with Crippen molar-refractivity contribution in [1.29, 1.82) is 0 Å². The molecule has 4 aromatic heterocycles. The van der Waals surface area contributed by atoms with E-state index in [2.05, 4.69) is 136 Å². The second kappa shape index (κ2) is 13.3. The van der Waals surface area contributed by atoms with Gasteiger partial charge in [0.15, 0.2) is 23.3 Å². The summed E-state index contributed by atoms with van der Waals surface area (Å²) < 4.78 is 2.48. The van der Waals surface area contributed by atoms with E-state index in [4.69, 9.17) is 15.0 Å². The summed E-state index contributed by atoms with van der Waals surface area (Å²) in [5.41, 5.74) is 11.8. The highest BCUT2D eigenvalue weighted by molar-refractivity contribution is 6.28. The first-order valence-corrected chi connectivity index (χ1v) is 19.7. The van der Waals surface area contributed by atoms with E-state index < -0.39 is 0 Å². The third-order valence-corrected chi connectivity index (χ3v) is 11.5. The van der Waals surface area contributed by atoms with Gasteiger partial charge in [-0.1, -0.05) is 158 Å². The van der Waals surface area contributed by atoms with Gasteiger partial charge in [-0.3, -0.25) is 0 Å². The lowest BCUT2D eigenvalue weighted by Gasteiger charge is -2.15. The molecule has 8 aromatic carbocycles. The fourth-order valence-electron chi connectivity index (χ4n) is 8.88. The van der Waals surface area contributed by atoms with E-state index in [1.54, 1.807) is 12.4 Å². The average molecular weight is 753 g/mol. The molecular formula is C53H32N6. The Labute approximate surface area is 339 Å². The van der Waals surface area contributed by atoms with Crippen LogP contribution in [0.2, 0.25) is 0 Å². The number of hydrogen-bond acceptors (Lipinski definition) is 5. The fraction of sp³-hybridized carbons (Fsp3) is 0. The van der Waals surface area contributed by atoms with Crippen LogP contribution in [0, 0.1) is 0 Å². The van der Waals surface area contributed by atoms with Crippen molar-refractivity contribution < 1.29 is 0 Å². The molecule has 6 nitrogen and oxygen atoms in total. The number of aromatic nitrogens is 6. The molecule has 12 rings (SSSR count). The molecule has 0 saturated heterocycles. The van der Waals surface area contributed by atoms with Crippen molar-refractivity contribution in [2.75, 3.05) is 0 Å². The third kappa shape index (κ3) is 5.31. The van der Waals surface area contributed by atoms with Gasteiger partial charge in [-0.2, -0.15) is 0 Å². The van der Waals surface area contributed by atoms with Crippen LogP contribution in [0.3, 0.4) is 0 Å². The van der Waals surface area contributed by atoms with Gasteiger partial charge in [-0.25, -0.2) is 24.9 Å². The maximum atomic E-state index is 5.14. The van der Waals surface area contributed by atoms with Gasteiger partial charge in [0.05, 0.1) is 16.6 Å². The number of nitrogens with zero attached hydrogens (tertiary/aromatic N) is 6. The van der Waals surface area contributed by atoms with Gasteiger partial charge >= 0.3 is 0 Å². The van der Waals surface area contributed by atoms with Crippen LogP contribution >= 0.6 is 0 Å². The zero-order valence-electron chi connectivity index (χ0n) is 31.7. The third-order valence-electron chi connectivity index (χ3n) is 11.5. The molecule has 0 fully saturated rings. The highest BCUT2D eigenvalue weighted by Crippen LogP contribution is 2.45. The lowest BCUT2D eigenvalue weighted by Crippen LogP contribution is -2.00. The Hall–Kier alpha value is -8.09. The summed E-state index contributed by atoms with van der Waals surface area (Å²) in [5, 5.41) is 7.55. The van der Waals surface area contributed by atoms with E-state index >= 15 is 0 Å². The molecular weight excluding hydrogens is 721 g/mol. The quantitative estimate of drug-likeness (QED) is 0.125. The van der Waals surface area contributed by atoms with Crippen molar-refractivity contribution in [3.8, 4) is 67.8 Å². The number of para-hydroxylation sites is 1. The number of fused-ring (bicyclic) bond motifs is 5. The van der Waals surface area contributed by atoms with Crippen molar-refractivity contribution in [1.82, 2.24) is 29.3 Å². The molecule has 0 amide bonds. The number of hydrogen-bond donors (Lipinski definition) is 0. The zero-order valence-corrected chi connectivity index (χ0v) is 31.7. The molecule has 0 bridgehead atoms. The molecule has 0 radical (unpaired) electrons. The molecule has 0 unspecified atom stereocenters. The van der Waals surface area contributed by atoms with Crippen LogP contribution in [0.5, 0.6) is 0 Å².